The molecule has 0 amide bonds. The summed E-state index contributed by atoms with van der Waals surface area (Å²) in [5.74, 6) is 0.764. The molecule has 0 aliphatic rings. The lowest BCUT2D eigenvalue weighted by atomic mass is 10.2. The van der Waals surface area contributed by atoms with E-state index in [2.05, 4.69) is 21.0 Å². The third kappa shape index (κ3) is 2.69. The van der Waals surface area contributed by atoms with E-state index in [1.807, 2.05) is 48.5 Å². The van der Waals surface area contributed by atoms with Crippen LogP contribution in [0.1, 0.15) is 5.56 Å². The molecular formula is C16H13BrN2O2. The number of hydrogen-bond acceptors (Lipinski definition) is 3. The van der Waals surface area contributed by atoms with Crippen LogP contribution in [-0.4, -0.2) is 16.9 Å². The van der Waals surface area contributed by atoms with Crippen LogP contribution in [0.5, 0.6) is 5.75 Å². The number of benzene rings is 2. The molecule has 0 fully saturated rings. The molecule has 0 saturated carbocycles. The fourth-order valence-electron chi connectivity index (χ4n) is 2.24. The number of ether oxygens (including phenoxy) is 1. The Hall–Kier alpha value is -2.14. The second kappa shape index (κ2) is 5.69. The van der Waals surface area contributed by atoms with Crippen LogP contribution in [-0.2, 0) is 6.54 Å². The quantitative estimate of drug-likeness (QED) is 0.732. The summed E-state index contributed by atoms with van der Waals surface area (Å²) in [4.78, 5) is 12.5. The van der Waals surface area contributed by atoms with Gasteiger partial charge in [0.25, 0.3) is 5.56 Å². The minimum absolute atomic E-state index is 0.100. The van der Waals surface area contributed by atoms with Gasteiger partial charge >= 0.3 is 0 Å². The second-order valence-corrected chi connectivity index (χ2v) is 5.40. The van der Waals surface area contributed by atoms with Crippen molar-refractivity contribution in [3.05, 3.63) is 69.1 Å². The summed E-state index contributed by atoms with van der Waals surface area (Å²) < 4.78 is 7.33. The van der Waals surface area contributed by atoms with Gasteiger partial charge in [-0.1, -0.05) is 30.3 Å². The van der Waals surface area contributed by atoms with Gasteiger partial charge in [0.15, 0.2) is 0 Å². The topological polar surface area (TPSA) is 44.1 Å². The molecule has 21 heavy (non-hydrogen) atoms. The average molecular weight is 345 g/mol. The lowest BCUT2D eigenvalue weighted by Gasteiger charge is -2.09. The molecule has 5 heteroatoms. The molecule has 0 radical (unpaired) electrons. The van der Waals surface area contributed by atoms with E-state index in [1.54, 1.807) is 7.11 Å². The van der Waals surface area contributed by atoms with Crippen LogP contribution in [0.3, 0.4) is 0 Å². The van der Waals surface area contributed by atoms with Gasteiger partial charge in [-0.2, -0.15) is 5.10 Å². The van der Waals surface area contributed by atoms with E-state index in [9.17, 15) is 4.79 Å². The van der Waals surface area contributed by atoms with Crippen molar-refractivity contribution in [2.24, 2.45) is 0 Å². The van der Waals surface area contributed by atoms with Gasteiger partial charge in [0, 0.05) is 5.39 Å². The predicted molar refractivity (Wildman–Crippen MR) is 85.8 cm³/mol. The lowest BCUT2D eigenvalue weighted by Crippen LogP contribution is -2.24. The summed E-state index contributed by atoms with van der Waals surface area (Å²) in [5.41, 5.74) is 0.864. The van der Waals surface area contributed by atoms with Crippen LogP contribution < -0.4 is 10.3 Å². The smallest absolute Gasteiger partial charge is 0.275 e. The normalized spacial score (nSPS) is 10.8. The summed E-state index contributed by atoms with van der Waals surface area (Å²) in [7, 11) is 1.62. The monoisotopic (exact) mass is 344 g/mol. The van der Waals surface area contributed by atoms with Crippen LogP contribution in [0.4, 0.5) is 0 Å². The zero-order valence-electron chi connectivity index (χ0n) is 11.4. The number of halogens is 1. The van der Waals surface area contributed by atoms with E-state index < -0.39 is 0 Å². The van der Waals surface area contributed by atoms with Crippen LogP contribution in [0.15, 0.2) is 57.9 Å². The van der Waals surface area contributed by atoms with Crippen molar-refractivity contribution in [3.63, 3.8) is 0 Å². The maximum Gasteiger partial charge on any atom is 0.275 e. The zero-order chi connectivity index (χ0) is 14.8. The molecule has 0 bridgehead atoms. The maximum absolute atomic E-state index is 12.5. The molecule has 0 aliphatic carbocycles. The Labute approximate surface area is 130 Å². The molecule has 1 heterocycles. The highest BCUT2D eigenvalue weighted by atomic mass is 79.9. The van der Waals surface area contributed by atoms with Gasteiger partial charge in [-0.15, -0.1) is 0 Å². The van der Waals surface area contributed by atoms with Gasteiger partial charge in [0.05, 0.1) is 19.0 Å². The molecule has 3 aromatic rings. The molecule has 2 aromatic carbocycles. The highest BCUT2D eigenvalue weighted by molar-refractivity contribution is 9.10. The zero-order valence-corrected chi connectivity index (χ0v) is 13.0. The summed E-state index contributed by atoms with van der Waals surface area (Å²) in [6.45, 7) is 0.402. The molecule has 3 rings (SSSR count). The van der Waals surface area contributed by atoms with Crippen LogP contribution in [0, 0.1) is 0 Å². The first-order valence-corrected chi connectivity index (χ1v) is 7.26. The first-order chi connectivity index (χ1) is 10.2. The first kappa shape index (κ1) is 13.8. The number of aromatic nitrogens is 2. The molecule has 0 aliphatic heterocycles. The van der Waals surface area contributed by atoms with Gasteiger partial charge in [-0.3, -0.25) is 4.79 Å². The molecule has 0 atom stereocenters. The number of hydrogen-bond donors (Lipinski definition) is 0. The van der Waals surface area contributed by atoms with Gasteiger partial charge in [-0.25, -0.2) is 4.68 Å². The van der Waals surface area contributed by atoms with E-state index in [4.69, 9.17) is 4.74 Å². The highest BCUT2D eigenvalue weighted by Gasteiger charge is 2.08. The third-order valence-corrected chi connectivity index (χ3v) is 3.87. The third-order valence-electron chi connectivity index (χ3n) is 3.29. The predicted octanol–water partition coefficient (Wildman–Crippen LogP) is 3.22. The van der Waals surface area contributed by atoms with E-state index in [1.165, 1.54) is 4.68 Å². The SMILES string of the molecule is COc1cccc(Cn2nc(Br)c3ccccc3c2=O)c1. The van der Waals surface area contributed by atoms with Crippen molar-refractivity contribution in [2.45, 2.75) is 6.54 Å². The van der Waals surface area contributed by atoms with Gasteiger partial charge < -0.3 is 4.74 Å². The Bertz CT molecular complexity index is 858. The molecule has 4 nitrogen and oxygen atoms in total. The second-order valence-electron chi connectivity index (χ2n) is 4.65. The Morgan fingerprint density at radius 3 is 2.67 bits per heavy atom. The molecule has 0 spiro atoms. The molecule has 106 valence electrons. The maximum atomic E-state index is 12.5. The number of methoxy groups -OCH3 is 1. The fraction of sp³-hybridized carbons (Fsp3) is 0.125. The van der Waals surface area contributed by atoms with Crippen molar-refractivity contribution in [1.29, 1.82) is 0 Å². The van der Waals surface area contributed by atoms with Crippen LogP contribution in [0.2, 0.25) is 0 Å². The number of nitrogens with zero attached hydrogens (tertiary/aromatic N) is 2. The first-order valence-electron chi connectivity index (χ1n) is 6.47. The van der Waals surface area contributed by atoms with Crippen molar-refractivity contribution >= 4 is 26.7 Å². The van der Waals surface area contributed by atoms with Crippen molar-refractivity contribution < 1.29 is 4.74 Å². The molecule has 1 aromatic heterocycles. The summed E-state index contributed by atoms with van der Waals surface area (Å²) in [6.07, 6.45) is 0. The molecular weight excluding hydrogens is 332 g/mol. The van der Waals surface area contributed by atoms with Crippen LogP contribution in [0.25, 0.3) is 10.8 Å². The Morgan fingerprint density at radius 2 is 1.90 bits per heavy atom. The van der Waals surface area contributed by atoms with Gasteiger partial charge in [0.2, 0.25) is 0 Å². The van der Waals surface area contributed by atoms with E-state index >= 15 is 0 Å². The standard InChI is InChI=1S/C16H13BrN2O2/c1-21-12-6-4-5-11(9-12)10-19-16(20)14-8-3-2-7-13(14)15(17)18-19/h2-9H,10H2,1H3. The van der Waals surface area contributed by atoms with E-state index in [0.29, 0.717) is 16.5 Å². The van der Waals surface area contributed by atoms with Crippen molar-refractivity contribution in [3.8, 4) is 5.75 Å². The van der Waals surface area contributed by atoms with Crippen LogP contribution >= 0.6 is 15.9 Å². The summed E-state index contributed by atoms with van der Waals surface area (Å²) >= 11 is 3.43. The van der Waals surface area contributed by atoms with Gasteiger partial charge in [0.1, 0.15) is 10.4 Å². The van der Waals surface area contributed by atoms with E-state index in [-0.39, 0.29) is 5.56 Å². The lowest BCUT2D eigenvalue weighted by molar-refractivity contribution is 0.414. The highest BCUT2D eigenvalue weighted by Crippen LogP contribution is 2.19. The largest absolute Gasteiger partial charge is 0.497 e. The molecule has 0 unspecified atom stereocenters. The minimum atomic E-state index is -0.100. The summed E-state index contributed by atoms with van der Waals surface area (Å²) in [5, 5.41) is 5.81. The summed E-state index contributed by atoms with van der Waals surface area (Å²) in [6, 6.07) is 15.0. The minimum Gasteiger partial charge on any atom is -0.497 e. The fourth-order valence-corrected chi connectivity index (χ4v) is 2.78. The van der Waals surface area contributed by atoms with Crippen molar-refractivity contribution in [1.82, 2.24) is 9.78 Å². The Kier molecular flexibility index (Phi) is 3.75. The Morgan fingerprint density at radius 1 is 1.14 bits per heavy atom. The van der Waals surface area contributed by atoms with E-state index in [0.717, 1.165) is 16.7 Å². The van der Waals surface area contributed by atoms with Crippen molar-refractivity contribution in [2.75, 3.05) is 7.11 Å². The Balaban J connectivity index is 2.08. The molecule has 0 saturated heterocycles. The molecule has 0 N–H and O–H groups in total. The van der Waals surface area contributed by atoms with Gasteiger partial charge in [-0.05, 0) is 39.7 Å². The number of rotatable bonds is 3. The average Bonchev–Trinajstić information content (AvgIpc) is 2.52. The number of fused-ring (bicyclic) bond motifs is 1.